The van der Waals surface area contributed by atoms with E-state index >= 15 is 0 Å². The molecular weight excluding hydrogens is 264 g/mol. The molecule has 0 spiro atoms. The van der Waals surface area contributed by atoms with Gasteiger partial charge in [-0.05, 0) is 6.07 Å². The number of amides is 2. The van der Waals surface area contributed by atoms with Crippen LogP contribution >= 0.6 is 0 Å². The van der Waals surface area contributed by atoms with Crippen LogP contribution in [0, 0.1) is 0 Å². The fraction of sp³-hybridized carbons (Fsp3) is 0.235. The van der Waals surface area contributed by atoms with E-state index in [-0.39, 0.29) is 12.1 Å². The van der Waals surface area contributed by atoms with Crippen LogP contribution < -0.4 is 10.1 Å². The summed E-state index contributed by atoms with van der Waals surface area (Å²) in [5.41, 5.74) is 1.31. The molecule has 2 atom stereocenters. The van der Waals surface area contributed by atoms with Gasteiger partial charge >= 0.3 is 6.03 Å². The van der Waals surface area contributed by atoms with E-state index in [2.05, 4.69) is 5.32 Å². The van der Waals surface area contributed by atoms with Crippen molar-refractivity contribution in [3.63, 3.8) is 0 Å². The van der Waals surface area contributed by atoms with Crippen LogP contribution in [0.2, 0.25) is 0 Å². The average Bonchev–Trinajstić information content (AvgIpc) is 2.53. The lowest BCUT2D eigenvalue weighted by atomic mass is 9.85. The van der Waals surface area contributed by atoms with Crippen molar-refractivity contribution < 1.29 is 9.53 Å². The summed E-state index contributed by atoms with van der Waals surface area (Å²) < 4.78 is 6.32. The van der Waals surface area contributed by atoms with Gasteiger partial charge in [0, 0.05) is 24.6 Å². The first-order valence-corrected chi connectivity index (χ1v) is 7.08. The number of fused-ring (bicyclic) bond motifs is 4. The molecule has 0 radical (unpaired) electrons. The molecule has 2 unspecified atom stereocenters. The third-order valence-electron chi connectivity index (χ3n) is 4.42. The van der Waals surface area contributed by atoms with Gasteiger partial charge < -0.3 is 10.1 Å². The van der Waals surface area contributed by atoms with E-state index < -0.39 is 5.72 Å². The lowest BCUT2D eigenvalue weighted by Gasteiger charge is -2.51. The fourth-order valence-electron chi connectivity index (χ4n) is 3.28. The van der Waals surface area contributed by atoms with Gasteiger partial charge in [-0.1, -0.05) is 48.5 Å². The Kier molecular flexibility index (Phi) is 2.48. The van der Waals surface area contributed by atoms with Gasteiger partial charge in [-0.3, -0.25) is 4.90 Å². The lowest BCUT2D eigenvalue weighted by Crippen LogP contribution is -2.62. The molecule has 0 saturated carbocycles. The number of ether oxygens (including phenoxy) is 1. The van der Waals surface area contributed by atoms with Crippen molar-refractivity contribution in [3.8, 4) is 5.75 Å². The number of hydrogen-bond acceptors (Lipinski definition) is 2. The Bertz CT molecular complexity index is 701. The zero-order valence-corrected chi connectivity index (χ0v) is 11.7. The second-order valence-corrected chi connectivity index (χ2v) is 5.56. The summed E-state index contributed by atoms with van der Waals surface area (Å²) in [6.07, 6.45) is 0.705. The second-order valence-electron chi connectivity index (χ2n) is 5.56. The van der Waals surface area contributed by atoms with E-state index in [1.54, 1.807) is 11.9 Å². The van der Waals surface area contributed by atoms with Crippen LogP contribution in [0.3, 0.4) is 0 Å². The van der Waals surface area contributed by atoms with Crippen LogP contribution in [0.25, 0.3) is 0 Å². The van der Waals surface area contributed by atoms with Crippen LogP contribution in [0.15, 0.2) is 54.6 Å². The summed E-state index contributed by atoms with van der Waals surface area (Å²) in [6.45, 7) is 0. The summed E-state index contributed by atoms with van der Waals surface area (Å²) in [6, 6.07) is 17.7. The first-order valence-electron chi connectivity index (χ1n) is 7.08. The topological polar surface area (TPSA) is 41.6 Å². The number of benzene rings is 2. The van der Waals surface area contributed by atoms with Gasteiger partial charge in [0.2, 0.25) is 5.72 Å². The molecule has 2 aliphatic rings. The Morgan fingerprint density at radius 2 is 1.86 bits per heavy atom. The average molecular weight is 280 g/mol. The van der Waals surface area contributed by atoms with Crippen LogP contribution in [-0.2, 0) is 5.72 Å². The van der Waals surface area contributed by atoms with Crippen molar-refractivity contribution in [2.45, 2.75) is 18.2 Å². The molecule has 21 heavy (non-hydrogen) atoms. The molecule has 4 rings (SSSR count). The quantitative estimate of drug-likeness (QED) is 0.872. The first-order chi connectivity index (χ1) is 10.2. The molecule has 1 N–H and O–H groups in total. The van der Waals surface area contributed by atoms with Crippen molar-refractivity contribution in [2.75, 3.05) is 7.05 Å². The van der Waals surface area contributed by atoms with Crippen molar-refractivity contribution in [1.29, 1.82) is 0 Å². The highest BCUT2D eigenvalue weighted by molar-refractivity contribution is 5.77. The second kappa shape index (κ2) is 4.25. The van der Waals surface area contributed by atoms with Gasteiger partial charge in [0.15, 0.2) is 0 Å². The molecule has 2 aromatic carbocycles. The molecule has 1 fully saturated rings. The van der Waals surface area contributed by atoms with Crippen LogP contribution in [0.1, 0.15) is 23.6 Å². The molecule has 2 aliphatic heterocycles. The number of nitrogens with one attached hydrogen (secondary N) is 1. The third-order valence-corrected chi connectivity index (χ3v) is 4.42. The zero-order valence-electron chi connectivity index (χ0n) is 11.7. The largest absolute Gasteiger partial charge is 0.463 e. The number of nitrogens with zero attached hydrogens (tertiary/aromatic N) is 1. The highest BCUT2D eigenvalue weighted by Gasteiger charge is 2.51. The van der Waals surface area contributed by atoms with Gasteiger partial charge in [0.1, 0.15) is 5.75 Å². The Morgan fingerprint density at radius 1 is 1.14 bits per heavy atom. The number of carbonyl (C=O) groups is 1. The SMILES string of the molecule is CN1C(=O)NC2CC1(c1ccccc1)Oc1ccccc12. The monoisotopic (exact) mass is 280 g/mol. The fourth-order valence-corrected chi connectivity index (χ4v) is 3.28. The smallest absolute Gasteiger partial charge is 0.320 e. The zero-order chi connectivity index (χ0) is 14.4. The molecule has 1 saturated heterocycles. The normalized spacial score (nSPS) is 26.6. The Hall–Kier alpha value is -2.49. The maximum atomic E-state index is 12.3. The van der Waals surface area contributed by atoms with Crippen molar-refractivity contribution >= 4 is 6.03 Å². The predicted octanol–water partition coefficient (Wildman–Crippen LogP) is 3.02. The maximum absolute atomic E-state index is 12.3. The van der Waals surface area contributed by atoms with E-state index in [4.69, 9.17) is 4.74 Å². The molecule has 4 nitrogen and oxygen atoms in total. The highest BCUT2D eigenvalue weighted by Crippen LogP contribution is 2.48. The highest BCUT2D eigenvalue weighted by atomic mass is 16.5. The first kappa shape index (κ1) is 12.3. The number of rotatable bonds is 1. The van der Waals surface area contributed by atoms with Gasteiger partial charge in [-0.2, -0.15) is 0 Å². The van der Waals surface area contributed by atoms with Gasteiger partial charge in [0.05, 0.1) is 6.04 Å². The van der Waals surface area contributed by atoms with E-state index in [1.165, 1.54) is 0 Å². The lowest BCUT2D eigenvalue weighted by molar-refractivity contribution is -0.0935. The van der Waals surface area contributed by atoms with Crippen molar-refractivity contribution in [2.24, 2.45) is 0 Å². The molecule has 2 bridgehead atoms. The van der Waals surface area contributed by atoms with Crippen LogP contribution in [0.5, 0.6) is 5.75 Å². The number of hydrogen-bond donors (Lipinski definition) is 1. The minimum absolute atomic E-state index is 0.0149. The standard InChI is InChI=1S/C17H16N2O2/c1-19-16(20)18-14-11-17(19,12-7-3-2-4-8-12)21-15-10-6-5-9-13(14)15/h2-10,14H,11H2,1H3,(H,18,20). The van der Waals surface area contributed by atoms with Crippen LogP contribution in [-0.4, -0.2) is 18.0 Å². The van der Waals surface area contributed by atoms with Gasteiger partial charge in [-0.15, -0.1) is 0 Å². The summed E-state index contributed by atoms with van der Waals surface area (Å²) in [4.78, 5) is 14.0. The molecule has 2 amide bonds. The maximum Gasteiger partial charge on any atom is 0.320 e. The Labute approximate surface area is 123 Å². The van der Waals surface area contributed by atoms with E-state index in [0.717, 1.165) is 16.9 Å². The summed E-state index contributed by atoms with van der Waals surface area (Å²) in [5.74, 6) is 0.837. The van der Waals surface area contributed by atoms with Gasteiger partial charge in [-0.25, -0.2) is 4.79 Å². The van der Waals surface area contributed by atoms with E-state index in [0.29, 0.717) is 6.42 Å². The molecule has 2 aromatic rings. The summed E-state index contributed by atoms with van der Waals surface area (Å²) >= 11 is 0. The third kappa shape index (κ3) is 1.65. The molecule has 0 aliphatic carbocycles. The van der Waals surface area contributed by atoms with Crippen molar-refractivity contribution in [3.05, 3.63) is 65.7 Å². The Morgan fingerprint density at radius 3 is 2.67 bits per heavy atom. The Balaban J connectivity index is 1.91. The number of carbonyl (C=O) groups excluding carboxylic acids is 1. The molecule has 106 valence electrons. The number of urea groups is 1. The minimum Gasteiger partial charge on any atom is -0.463 e. The van der Waals surface area contributed by atoms with E-state index in [9.17, 15) is 4.79 Å². The molecular formula is C17H16N2O2. The van der Waals surface area contributed by atoms with Crippen LogP contribution in [0.4, 0.5) is 4.79 Å². The molecule has 2 heterocycles. The van der Waals surface area contributed by atoms with E-state index in [1.807, 2.05) is 54.6 Å². The van der Waals surface area contributed by atoms with Gasteiger partial charge in [0.25, 0.3) is 0 Å². The molecule has 0 aromatic heterocycles. The summed E-state index contributed by atoms with van der Waals surface area (Å²) in [5, 5.41) is 3.06. The minimum atomic E-state index is -0.734. The number of para-hydroxylation sites is 1. The summed E-state index contributed by atoms with van der Waals surface area (Å²) in [7, 11) is 1.78. The molecule has 4 heteroatoms. The van der Waals surface area contributed by atoms with Crippen molar-refractivity contribution in [1.82, 2.24) is 10.2 Å². The predicted molar refractivity (Wildman–Crippen MR) is 78.8 cm³/mol.